The van der Waals surface area contributed by atoms with Crippen molar-refractivity contribution in [2.24, 2.45) is 0 Å². The number of unbranched alkanes of at least 4 members (excludes halogenated alkanes) is 1. The molecule has 0 aliphatic carbocycles. The van der Waals surface area contributed by atoms with E-state index in [0.29, 0.717) is 11.5 Å². The summed E-state index contributed by atoms with van der Waals surface area (Å²) in [6.45, 7) is 5.57. The van der Waals surface area contributed by atoms with Gasteiger partial charge in [0.05, 0.1) is 17.1 Å². The summed E-state index contributed by atoms with van der Waals surface area (Å²) in [5, 5.41) is 0. The van der Waals surface area contributed by atoms with Crippen LogP contribution in [0, 0.1) is 5.82 Å². The molecule has 0 saturated heterocycles. The molecule has 5 heteroatoms. The van der Waals surface area contributed by atoms with Crippen molar-refractivity contribution in [3.63, 3.8) is 0 Å². The predicted octanol–water partition coefficient (Wildman–Crippen LogP) is 2.96. The lowest BCUT2D eigenvalue weighted by molar-refractivity contribution is 0.0755. The van der Waals surface area contributed by atoms with E-state index in [1.165, 1.54) is 12.1 Å². The van der Waals surface area contributed by atoms with Crippen LogP contribution in [0.1, 0.15) is 26.7 Å². The SMILES string of the molecule is CC(C)OCCCCn1c(N)nc2cc(F)ccc21. The number of nitrogens with two attached hydrogens (primary N) is 1. The highest BCUT2D eigenvalue weighted by atomic mass is 19.1. The van der Waals surface area contributed by atoms with Gasteiger partial charge in [-0.25, -0.2) is 9.37 Å². The second kappa shape index (κ2) is 6.02. The standard InChI is InChI=1S/C14H20FN3O/c1-10(2)19-8-4-3-7-18-13-6-5-11(15)9-12(13)17-14(18)16/h5-6,9-10H,3-4,7-8H2,1-2H3,(H2,16,17). The minimum absolute atomic E-state index is 0.266. The zero-order valence-corrected chi connectivity index (χ0v) is 11.4. The van der Waals surface area contributed by atoms with Gasteiger partial charge in [-0.3, -0.25) is 0 Å². The molecule has 0 fully saturated rings. The van der Waals surface area contributed by atoms with Crippen LogP contribution in [-0.4, -0.2) is 22.3 Å². The Morgan fingerprint density at radius 3 is 2.89 bits per heavy atom. The highest BCUT2D eigenvalue weighted by Crippen LogP contribution is 2.19. The predicted molar refractivity (Wildman–Crippen MR) is 74.4 cm³/mol. The van der Waals surface area contributed by atoms with E-state index in [1.54, 1.807) is 6.07 Å². The largest absolute Gasteiger partial charge is 0.379 e. The Kier molecular flexibility index (Phi) is 4.37. The van der Waals surface area contributed by atoms with Gasteiger partial charge in [-0.2, -0.15) is 0 Å². The Balaban J connectivity index is 1.98. The molecule has 0 radical (unpaired) electrons. The molecule has 0 aliphatic rings. The molecule has 1 aromatic heterocycles. The molecule has 4 nitrogen and oxygen atoms in total. The van der Waals surface area contributed by atoms with Crippen LogP contribution < -0.4 is 5.73 Å². The summed E-state index contributed by atoms with van der Waals surface area (Å²) < 4.78 is 20.5. The fraction of sp³-hybridized carbons (Fsp3) is 0.500. The Morgan fingerprint density at radius 2 is 2.16 bits per heavy atom. The number of ether oxygens (including phenoxy) is 1. The Morgan fingerprint density at radius 1 is 1.37 bits per heavy atom. The highest BCUT2D eigenvalue weighted by Gasteiger charge is 2.08. The number of halogens is 1. The highest BCUT2D eigenvalue weighted by molar-refractivity contribution is 5.78. The molecule has 19 heavy (non-hydrogen) atoms. The van der Waals surface area contributed by atoms with Crippen LogP contribution in [0.3, 0.4) is 0 Å². The number of hydrogen-bond acceptors (Lipinski definition) is 3. The van der Waals surface area contributed by atoms with Gasteiger partial charge in [-0.1, -0.05) is 0 Å². The fourth-order valence-corrected chi connectivity index (χ4v) is 2.05. The van der Waals surface area contributed by atoms with E-state index in [9.17, 15) is 4.39 Å². The Hall–Kier alpha value is -1.62. The fourth-order valence-electron chi connectivity index (χ4n) is 2.05. The van der Waals surface area contributed by atoms with Crippen molar-refractivity contribution in [3.8, 4) is 0 Å². The number of imidazole rings is 1. The van der Waals surface area contributed by atoms with Crippen LogP contribution in [0.5, 0.6) is 0 Å². The van der Waals surface area contributed by atoms with Crippen LogP contribution in [0.4, 0.5) is 10.3 Å². The lowest BCUT2D eigenvalue weighted by atomic mass is 10.3. The molecule has 0 atom stereocenters. The Bertz CT molecular complexity index is 551. The first-order valence-corrected chi connectivity index (χ1v) is 6.61. The summed E-state index contributed by atoms with van der Waals surface area (Å²) >= 11 is 0. The molecule has 0 aliphatic heterocycles. The van der Waals surface area contributed by atoms with Gasteiger partial charge < -0.3 is 15.0 Å². The van der Waals surface area contributed by atoms with Gasteiger partial charge in [0.15, 0.2) is 0 Å². The van der Waals surface area contributed by atoms with E-state index in [2.05, 4.69) is 4.98 Å². The molecule has 0 amide bonds. The van der Waals surface area contributed by atoms with Crippen molar-refractivity contribution >= 4 is 17.0 Å². The summed E-state index contributed by atoms with van der Waals surface area (Å²) in [6, 6.07) is 4.56. The summed E-state index contributed by atoms with van der Waals surface area (Å²) in [5.74, 6) is 0.146. The van der Waals surface area contributed by atoms with E-state index in [1.807, 2.05) is 18.4 Å². The third-order valence-electron chi connectivity index (χ3n) is 2.97. The molecule has 2 aromatic rings. The van der Waals surface area contributed by atoms with Gasteiger partial charge in [0, 0.05) is 19.2 Å². The number of nitrogens with zero attached hydrogens (tertiary/aromatic N) is 2. The third kappa shape index (κ3) is 3.44. The second-order valence-electron chi connectivity index (χ2n) is 4.88. The van der Waals surface area contributed by atoms with E-state index in [-0.39, 0.29) is 11.9 Å². The van der Waals surface area contributed by atoms with Gasteiger partial charge in [0.2, 0.25) is 5.95 Å². The average molecular weight is 265 g/mol. The topological polar surface area (TPSA) is 53.1 Å². The average Bonchev–Trinajstić information content (AvgIpc) is 2.64. The van der Waals surface area contributed by atoms with Crippen LogP contribution >= 0.6 is 0 Å². The molecular weight excluding hydrogens is 245 g/mol. The van der Waals surface area contributed by atoms with E-state index in [0.717, 1.165) is 31.5 Å². The van der Waals surface area contributed by atoms with Gasteiger partial charge >= 0.3 is 0 Å². The monoisotopic (exact) mass is 265 g/mol. The number of aromatic nitrogens is 2. The molecule has 1 aromatic carbocycles. The van der Waals surface area contributed by atoms with Crippen LogP contribution in [0.2, 0.25) is 0 Å². The summed E-state index contributed by atoms with van der Waals surface area (Å²) in [7, 11) is 0. The van der Waals surface area contributed by atoms with Gasteiger partial charge in [-0.15, -0.1) is 0 Å². The quantitative estimate of drug-likeness (QED) is 0.817. The van der Waals surface area contributed by atoms with Crippen molar-refractivity contribution in [1.82, 2.24) is 9.55 Å². The molecule has 2 N–H and O–H groups in total. The summed E-state index contributed by atoms with van der Waals surface area (Å²) in [6.07, 6.45) is 2.19. The zero-order chi connectivity index (χ0) is 13.8. The van der Waals surface area contributed by atoms with Crippen molar-refractivity contribution in [3.05, 3.63) is 24.0 Å². The van der Waals surface area contributed by atoms with Crippen LogP contribution in [0.25, 0.3) is 11.0 Å². The van der Waals surface area contributed by atoms with Crippen molar-refractivity contribution in [2.45, 2.75) is 39.3 Å². The van der Waals surface area contributed by atoms with Crippen LogP contribution in [-0.2, 0) is 11.3 Å². The lowest BCUT2D eigenvalue weighted by Crippen LogP contribution is -2.07. The number of anilines is 1. The molecule has 104 valence electrons. The first-order valence-electron chi connectivity index (χ1n) is 6.61. The molecular formula is C14H20FN3O. The summed E-state index contributed by atoms with van der Waals surface area (Å²) in [5.41, 5.74) is 7.35. The number of fused-ring (bicyclic) bond motifs is 1. The van der Waals surface area contributed by atoms with Crippen LogP contribution in [0.15, 0.2) is 18.2 Å². The van der Waals surface area contributed by atoms with E-state index < -0.39 is 0 Å². The zero-order valence-electron chi connectivity index (χ0n) is 11.4. The maximum Gasteiger partial charge on any atom is 0.201 e. The number of nitrogen functional groups attached to an aromatic ring is 1. The third-order valence-corrected chi connectivity index (χ3v) is 2.97. The first-order chi connectivity index (χ1) is 9.08. The molecule has 2 rings (SSSR count). The molecule has 0 bridgehead atoms. The Labute approximate surface area is 112 Å². The molecule has 1 heterocycles. The second-order valence-corrected chi connectivity index (χ2v) is 4.88. The van der Waals surface area contributed by atoms with Crippen molar-refractivity contribution in [1.29, 1.82) is 0 Å². The smallest absolute Gasteiger partial charge is 0.201 e. The minimum atomic E-state index is -0.289. The first kappa shape index (κ1) is 13.8. The van der Waals surface area contributed by atoms with Gasteiger partial charge in [0.25, 0.3) is 0 Å². The number of hydrogen-bond donors (Lipinski definition) is 1. The number of aryl methyl sites for hydroxylation is 1. The molecule has 0 spiro atoms. The molecule has 0 unspecified atom stereocenters. The van der Waals surface area contributed by atoms with E-state index in [4.69, 9.17) is 10.5 Å². The maximum absolute atomic E-state index is 13.1. The van der Waals surface area contributed by atoms with Crippen molar-refractivity contribution in [2.75, 3.05) is 12.3 Å². The van der Waals surface area contributed by atoms with Gasteiger partial charge in [-0.05, 0) is 38.8 Å². The lowest BCUT2D eigenvalue weighted by Gasteiger charge is -2.08. The minimum Gasteiger partial charge on any atom is -0.379 e. The van der Waals surface area contributed by atoms with Crippen molar-refractivity contribution < 1.29 is 9.13 Å². The normalized spacial score (nSPS) is 11.6. The number of rotatable bonds is 6. The molecule has 0 saturated carbocycles. The summed E-state index contributed by atoms with van der Waals surface area (Å²) in [4.78, 5) is 4.17. The van der Waals surface area contributed by atoms with E-state index >= 15 is 0 Å². The number of benzene rings is 1. The maximum atomic E-state index is 13.1. The van der Waals surface area contributed by atoms with Gasteiger partial charge in [0.1, 0.15) is 5.82 Å².